The van der Waals surface area contributed by atoms with Crippen molar-refractivity contribution < 1.29 is 19.4 Å². The van der Waals surface area contributed by atoms with Crippen LogP contribution in [0.4, 0.5) is 0 Å². The highest BCUT2D eigenvalue weighted by molar-refractivity contribution is 6.42. The number of carboxylic acids is 1. The van der Waals surface area contributed by atoms with E-state index in [1.807, 2.05) is 0 Å². The molecule has 1 aromatic carbocycles. The molecule has 1 N–H and O–H groups in total. The molecule has 0 aliphatic carbocycles. The van der Waals surface area contributed by atoms with Gasteiger partial charge in [0.25, 0.3) is 5.91 Å². The molecule has 0 unspecified atom stereocenters. The fourth-order valence-corrected chi connectivity index (χ4v) is 3.16. The van der Waals surface area contributed by atoms with Gasteiger partial charge in [-0.05, 0) is 37.1 Å². The first-order chi connectivity index (χ1) is 12.5. The molecule has 3 rings (SSSR count). The third-order valence-corrected chi connectivity index (χ3v) is 4.91. The lowest BCUT2D eigenvalue weighted by Crippen LogP contribution is -2.46. The SMILES string of the molecule is O=C(O)CN(C(=O)c1ccn(-c2ccc(Cl)c(Cl)c2)n1)C1CCOCC1. The highest BCUT2D eigenvalue weighted by Gasteiger charge is 2.29. The van der Waals surface area contributed by atoms with Crippen molar-refractivity contribution in [3.63, 3.8) is 0 Å². The predicted molar refractivity (Wildman–Crippen MR) is 96.1 cm³/mol. The van der Waals surface area contributed by atoms with E-state index >= 15 is 0 Å². The normalized spacial score (nSPS) is 15.0. The summed E-state index contributed by atoms with van der Waals surface area (Å²) in [4.78, 5) is 25.4. The maximum absolute atomic E-state index is 12.8. The minimum atomic E-state index is -1.06. The van der Waals surface area contributed by atoms with E-state index < -0.39 is 11.9 Å². The van der Waals surface area contributed by atoms with Crippen LogP contribution in [0, 0.1) is 0 Å². The van der Waals surface area contributed by atoms with E-state index in [-0.39, 0.29) is 18.3 Å². The van der Waals surface area contributed by atoms with Crippen molar-refractivity contribution in [1.29, 1.82) is 0 Å². The summed E-state index contributed by atoms with van der Waals surface area (Å²) >= 11 is 11.9. The molecule has 26 heavy (non-hydrogen) atoms. The topological polar surface area (TPSA) is 84.7 Å². The molecule has 1 aliphatic rings. The van der Waals surface area contributed by atoms with Gasteiger partial charge < -0.3 is 14.7 Å². The van der Waals surface area contributed by atoms with Crippen LogP contribution in [0.15, 0.2) is 30.5 Å². The largest absolute Gasteiger partial charge is 0.480 e. The molecule has 2 heterocycles. The summed E-state index contributed by atoms with van der Waals surface area (Å²) in [5, 5.41) is 14.2. The van der Waals surface area contributed by atoms with Crippen LogP contribution in [-0.4, -0.2) is 57.5 Å². The summed E-state index contributed by atoms with van der Waals surface area (Å²) in [7, 11) is 0. The third kappa shape index (κ3) is 4.17. The van der Waals surface area contributed by atoms with Crippen LogP contribution in [-0.2, 0) is 9.53 Å². The second-order valence-electron chi connectivity index (χ2n) is 5.91. The van der Waals surface area contributed by atoms with Gasteiger partial charge in [-0.15, -0.1) is 0 Å². The maximum atomic E-state index is 12.8. The molecule has 1 aliphatic heterocycles. The summed E-state index contributed by atoms with van der Waals surface area (Å²) in [6, 6.07) is 6.38. The van der Waals surface area contributed by atoms with Crippen molar-refractivity contribution in [3.05, 3.63) is 46.2 Å². The first-order valence-corrected chi connectivity index (χ1v) is 8.83. The Labute approximate surface area is 160 Å². The van der Waals surface area contributed by atoms with Crippen molar-refractivity contribution >= 4 is 35.1 Å². The van der Waals surface area contributed by atoms with Gasteiger partial charge in [0.15, 0.2) is 5.69 Å². The molecule has 0 saturated carbocycles. The van der Waals surface area contributed by atoms with Crippen LogP contribution in [0.3, 0.4) is 0 Å². The zero-order valence-corrected chi connectivity index (χ0v) is 15.3. The number of rotatable bonds is 5. The quantitative estimate of drug-likeness (QED) is 0.838. The van der Waals surface area contributed by atoms with Crippen LogP contribution in [0.25, 0.3) is 5.69 Å². The summed E-state index contributed by atoms with van der Waals surface area (Å²) in [6.45, 7) is 0.640. The van der Waals surface area contributed by atoms with E-state index in [0.29, 0.717) is 41.8 Å². The minimum absolute atomic E-state index is 0.170. The molecule has 1 fully saturated rings. The molecule has 2 aromatic rings. The zero-order chi connectivity index (χ0) is 18.7. The van der Waals surface area contributed by atoms with Gasteiger partial charge in [0.05, 0.1) is 15.7 Å². The number of carboxylic acid groups (broad SMARTS) is 1. The molecule has 0 atom stereocenters. The number of hydrogen-bond acceptors (Lipinski definition) is 4. The smallest absolute Gasteiger partial charge is 0.323 e. The molecule has 1 amide bonds. The molecule has 0 bridgehead atoms. The van der Waals surface area contributed by atoms with E-state index in [9.17, 15) is 14.7 Å². The number of nitrogens with zero attached hydrogens (tertiary/aromatic N) is 3. The molecular weight excluding hydrogens is 381 g/mol. The van der Waals surface area contributed by atoms with Gasteiger partial charge >= 0.3 is 5.97 Å². The predicted octanol–water partition coefficient (Wildman–Crippen LogP) is 2.88. The Hall–Kier alpha value is -2.09. The average molecular weight is 398 g/mol. The van der Waals surface area contributed by atoms with E-state index in [4.69, 9.17) is 27.9 Å². The standard InChI is InChI=1S/C17H17Cl2N3O4/c18-13-2-1-12(9-14(13)19)22-6-3-15(20-22)17(25)21(10-16(23)24)11-4-7-26-8-5-11/h1-3,6,9,11H,4-5,7-8,10H2,(H,23,24). The molecule has 1 aromatic heterocycles. The molecular formula is C17H17Cl2N3O4. The van der Waals surface area contributed by atoms with Crippen LogP contribution in [0.1, 0.15) is 23.3 Å². The number of aromatic nitrogens is 2. The van der Waals surface area contributed by atoms with Gasteiger partial charge in [-0.2, -0.15) is 5.10 Å². The van der Waals surface area contributed by atoms with Crippen molar-refractivity contribution in [2.24, 2.45) is 0 Å². The second kappa shape index (κ2) is 8.07. The highest BCUT2D eigenvalue weighted by atomic mass is 35.5. The number of amides is 1. The highest BCUT2D eigenvalue weighted by Crippen LogP contribution is 2.24. The molecule has 0 radical (unpaired) electrons. The molecule has 1 saturated heterocycles. The molecule has 0 spiro atoms. The summed E-state index contributed by atoms with van der Waals surface area (Å²) in [6.07, 6.45) is 2.83. The van der Waals surface area contributed by atoms with Gasteiger partial charge in [0.1, 0.15) is 6.54 Å². The van der Waals surface area contributed by atoms with E-state index in [2.05, 4.69) is 5.10 Å². The number of halogens is 2. The Bertz CT molecular complexity index is 818. The lowest BCUT2D eigenvalue weighted by molar-refractivity contribution is -0.138. The first kappa shape index (κ1) is 18.7. The van der Waals surface area contributed by atoms with Gasteiger partial charge in [0.2, 0.25) is 0 Å². The van der Waals surface area contributed by atoms with Crippen LogP contribution >= 0.6 is 23.2 Å². The van der Waals surface area contributed by atoms with E-state index in [1.165, 1.54) is 9.58 Å². The third-order valence-electron chi connectivity index (χ3n) is 4.17. The summed E-state index contributed by atoms with van der Waals surface area (Å²) in [5.74, 6) is -1.48. The van der Waals surface area contributed by atoms with Gasteiger partial charge in [0, 0.05) is 25.5 Å². The van der Waals surface area contributed by atoms with Gasteiger partial charge in [-0.3, -0.25) is 9.59 Å². The monoisotopic (exact) mass is 397 g/mol. The van der Waals surface area contributed by atoms with Crippen LogP contribution in [0.5, 0.6) is 0 Å². The Balaban J connectivity index is 1.84. The van der Waals surface area contributed by atoms with Crippen LogP contribution in [0.2, 0.25) is 10.0 Å². The average Bonchev–Trinajstić information content (AvgIpc) is 3.12. The lowest BCUT2D eigenvalue weighted by Gasteiger charge is -2.32. The Morgan fingerprint density at radius 3 is 2.62 bits per heavy atom. The van der Waals surface area contributed by atoms with Crippen molar-refractivity contribution in [3.8, 4) is 5.69 Å². The molecule has 9 heteroatoms. The number of aliphatic carboxylic acids is 1. The lowest BCUT2D eigenvalue weighted by atomic mass is 10.1. The van der Waals surface area contributed by atoms with Crippen molar-refractivity contribution in [2.75, 3.05) is 19.8 Å². The Morgan fingerprint density at radius 1 is 1.23 bits per heavy atom. The maximum Gasteiger partial charge on any atom is 0.323 e. The number of ether oxygens (including phenoxy) is 1. The molecule has 138 valence electrons. The van der Waals surface area contributed by atoms with E-state index in [0.717, 1.165) is 0 Å². The molecule has 7 nitrogen and oxygen atoms in total. The summed E-state index contributed by atoms with van der Waals surface area (Å²) < 4.78 is 6.79. The number of carbonyl (C=O) groups is 2. The van der Waals surface area contributed by atoms with Gasteiger partial charge in [-0.25, -0.2) is 4.68 Å². The Morgan fingerprint density at radius 2 is 1.96 bits per heavy atom. The summed E-state index contributed by atoms with van der Waals surface area (Å²) in [5.41, 5.74) is 0.818. The fourth-order valence-electron chi connectivity index (χ4n) is 2.87. The second-order valence-corrected chi connectivity index (χ2v) is 6.73. The first-order valence-electron chi connectivity index (χ1n) is 8.07. The van der Waals surface area contributed by atoms with Crippen molar-refractivity contribution in [2.45, 2.75) is 18.9 Å². The van der Waals surface area contributed by atoms with Gasteiger partial charge in [-0.1, -0.05) is 23.2 Å². The minimum Gasteiger partial charge on any atom is -0.480 e. The number of carbonyl (C=O) groups excluding carboxylic acids is 1. The Kier molecular flexibility index (Phi) is 5.80. The number of benzene rings is 1. The van der Waals surface area contributed by atoms with E-state index in [1.54, 1.807) is 30.5 Å². The fraction of sp³-hybridized carbons (Fsp3) is 0.353. The number of hydrogen-bond donors (Lipinski definition) is 1. The van der Waals surface area contributed by atoms with Crippen molar-refractivity contribution in [1.82, 2.24) is 14.7 Å². The van der Waals surface area contributed by atoms with Crippen LogP contribution < -0.4 is 0 Å². The zero-order valence-electron chi connectivity index (χ0n) is 13.8.